The van der Waals surface area contributed by atoms with Crippen LogP contribution in [0.2, 0.25) is 0 Å². The fraction of sp³-hybridized carbons (Fsp3) is 0.478. The fourth-order valence-corrected chi connectivity index (χ4v) is 13.0. The van der Waals surface area contributed by atoms with Crippen LogP contribution in [0.3, 0.4) is 0 Å². The summed E-state index contributed by atoms with van der Waals surface area (Å²) < 4.78 is 42.6. The Morgan fingerprint density at radius 2 is 1.85 bits per heavy atom. The zero-order valence-electron chi connectivity index (χ0n) is 34.7. The first-order valence-electron chi connectivity index (χ1n) is 21.6. The first-order valence-corrected chi connectivity index (χ1v) is 24.1. The highest BCUT2D eigenvalue weighted by Crippen LogP contribution is 2.59. The van der Waals surface area contributed by atoms with Crippen molar-refractivity contribution in [2.24, 2.45) is 17.8 Å². The summed E-state index contributed by atoms with van der Waals surface area (Å²) in [5.41, 5.74) is 0.409. The summed E-state index contributed by atoms with van der Waals surface area (Å²) in [5, 5.41) is 16.5. The molecule has 0 radical (unpaired) electrons. The van der Waals surface area contributed by atoms with Gasteiger partial charge in [-0.05, 0) is 123 Å². The number of para-hydroxylation sites is 1. The van der Waals surface area contributed by atoms with E-state index in [1.807, 2.05) is 24.0 Å². The Bertz CT molecular complexity index is 2460. The van der Waals surface area contributed by atoms with Gasteiger partial charge in [-0.25, -0.2) is 9.48 Å². The molecule has 2 aromatic carbocycles. The molecule has 0 unspecified atom stereocenters. The summed E-state index contributed by atoms with van der Waals surface area (Å²) in [6.07, 6.45) is 9.05. The second-order valence-corrected chi connectivity index (χ2v) is 20.7. The van der Waals surface area contributed by atoms with Gasteiger partial charge in [0.05, 0.1) is 29.0 Å². The number of nitriles is 1. The van der Waals surface area contributed by atoms with Gasteiger partial charge in [0.2, 0.25) is 17.7 Å². The van der Waals surface area contributed by atoms with E-state index in [1.165, 1.54) is 30.4 Å². The van der Waals surface area contributed by atoms with Gasteiger partial charge in [0.15, 0.2) is 0 Å². The molecule has 0 bridgehead atoms. The number of ether oxygens (including phenoxy) is 1. The molecule has 3 amide bonds. The number of rotatable bonds is 13. The van der Waals surface area contributed by atoms with Gasteiger partial charge in [-0.15, -0.1) is 11.3 Å². The third-order valence-electron chi connectivity index (χ3n) is 13.5. The predicted molar refractivity (Wildman–Crippen MR) is 230 cm³/mol. The lowest BCUT2D eigenvalue weighted by molar-refractivity contribution is -0.148. The number of hydrogen-bond donors (Lipinski definition) is 2. The lowest BCUT2D eigenvalue weighted by Crippen LogP contribution is -2.58. The van der Waals surface area contributed by atoms with E-state index in [-0.39, 0.29) is 47.6 Å². The number of aromatic nitrogens is 1. The third kappa shape index (κ3) is 7.90. The highest BCUT2D eigenvalue weighted by molar-refractivity contribution is 7.57. The lowest BCUT2D eigenvalue weighted by Gasteiger charge is -2.37. The highest BCUT2D eigenvalue weighted by atomic mass is 32.1. The highest BCUT2D eigenvalue weighted by Gasteiger charge is 2.65. The Kier molecular flexibility index (Phi) is 11.5. The van der Waals surface area contributed by atoms with Gasteiger partial charge < -0.3 is 24.4 Å². The van der Waals surface area contributed by atoms with Gasteiger partial charge in [0.1, 0.15) is 23.9 Å². The minimum Gasteiger partial charge on any atom is -0.465 e. The Morgan fingerprint density at radius 1 is 1.06 bits per heavy atom. The Morgan fingerprint density at radius 3 is 2.58 bits per heavy atom. The topological polar surface area (TPSA) is 171 Å². The molecule has 9 rings (SSSR count). The fourth-order valence-electron chi connectivity index (χ4n) is 10.1. The number of likely N-dealkylation sites (tertiary alicyclic amines) is 1. The first kappa shape index (κ1) is 42.2. The molecular weight excluding hydrogens is 831 g/mol. The maximum Gasteiger partial charge on any atom is 0.355 e. The number of fused-ring (bicyclic) bond motifs is 3. The van der Waals surface area contributed by atoms with E-state index in [1.54, 1.807) is 59.8 Å². The van der Waals surface area contributed by atoms with Gasteiger partial charge in [-0.3, -0.25) is 28.7 Å². The van der Waals surface area contributed by atoms with Crippen molar-refractivity contribution in [1.82, 2.24) is 25.2 Å². The average Bonchev–Trinajstić information content (AvgIpc) is 4.06. The van der Waals surface area contributed by atoms with E-state index in [0.29, 0.717) is 59.0 Å². The normalized spacial score (nSPS) is 27.8. The van der Waals surface area contributed by atoms with Gasteiger partial charge in [0, 0.05) is 35.6 Å². The molecule has 1 spiro atoms. The van der Waals surface area contributed by atoms with Crippen molar-refractivity contribution >= 4 is 52.6 Å². The number of nitrogens with zero attached hydrogens (tertiary/aromatic N) is 4. The summed E-state index contributed by atoms with van der Waals surface area (Å²) in [4.78, 5) is 64.3. The molecule has 13 nitrogen and oxygen atoms in total. The van der Waals surface area contributed by atoms with E-state index in [4.69, 9.17) is 9.26 Å². The van der Waals surface area contributed by atoms with Crippen molar-refractivity contribution in [1.29, 1.82) is 5.26 Å². The van der Waals surface area contributed by atoms with E-state index in [2.05, 4.69) is 21.5 Å². The van der Waals surface area contributed by atoms with Gasteiger partial charge in [-0.1, -0.05) is 37.3 Å². The molecule has 16 heteroatoms. The third-order valence-corrected chi connectivity index (χ3v) is 16.7. The summed E-state index contributed by atoms with van der Waals surface area (Å²) in [5.74, 6) is -3.37. The number of nitrogens with one attached hydrogen (secondary N) is 2. The minimum absolute atomic E-state index is 0.0210. The second-order valence-electron chi connectivity index (χ2n) is 17.6. The molecule has 3 aliphatic heterocycles. The number of halogens is 1. The van der Waals surface area contributed by atoms with E-state index < -0.39 is 49.0 Å². The van der Waals surface area contributed by atoms with Crippen LogP contribution in [0.25, 0.3) is 10.1 Å². The molecule has 2 N–H and O–H groups in total. The summed E-state index contributed by atoms with van der Waals surface area (Å²) in [6, 6.07) is 18.0. The standard InChI is InChI=1S/C46H50FN6O7PS/c1-3-18-59-45(57)27(2)51-61(58,60-34-9-5-4-6-10-34)41(47)28-11-14-39-32(19-28)23-40(62-39)42(54)50-37-22-31-20-30(31)21-33-12-13-38(53(33)43(37)55)44(56)52-26-35(29-8-7-17-49-25-29)36(24-48)46(52)15-16-46/h4-11,14,17,19,23,25,27,30-31,33,35-38,41H,3,12-13,15-16,18,20-22,26H2,1-2H3,(H,50,54)(H,51,58)/t27-,30+,31-,33+,35-,36-,37-,38-,41+,61+/m0/s1. The summed E-state index contributed by atoms with van der Waals surface area (Å²) in [7, 11) is -4.46. The van der Waals surface area contributed by atoms with Crippen molar-refractivity contribution in [3.63, 3.8) is 0 Å². The Hall–Kier alpha value is -5.16. The van der Waals surface area contributed by atoms with Gasteiger partial charge in [0.25, 0.3) is 5.91 Å². The number of pyridine rings is 1. The maximum absolute atomic E-state index is 16.6. The molecule has 5 heterocycles. The minimum atomic E-state index is -4.46. The second kappa shape index (κ2) is 16.8. The van der Waals surface area contributed by atoms with Crippen molar-refractivity contribution in [3.05, 3.63) is 95.1 Å². The number of amides is 3. The maximum atomic E-state index is 16.6. The monoisotopic (exact) mass is 880 g/mol. The van der Waals surface area contributed by atoms with Crippen LogP contribution < -0.4 is 14.9 Å². The van der Waals surface area contributed by atoms with Crippen molar-refractivity contribution in [3.8, 4) is 11.8 Å². The van der Waals surface area contributed by atoms with Crippen LogP contribution in [0.15, 0.2) is 79.1 Å². The number of carbonyl (C=O) groups is 4. The zero-order chi connectivity index (χ0) is 43.3. The number of hydrogen-bond acceptors (Lipinski definition) is 10. The van der Waals surface area contributed by atoms with Crippen LogP contribution in [-0.2, 0) is 23.7 Å². The number of thiophene rings is 1. The van der Waals surface area contributed by atoms with E-state index in [9.17, 15) is 29.0 Å². The number of esters is 1. The van der Waals surface area contributed by atoms with E-state index in [0.717, 1.165) is 31.2 Å². The molecular formula is C46H50FN6O7PS. The molecule has 2 aliphatic carbocycles. The lowest BCUT2D eigenvalue weighted by atomic mass is 9.85. The molecule has 5 aliphatic rings. The van der Waals surface area contributed by atoms with Crippen molar-refractivity contribution in [2.75, 3.05) is 13.2 Å². The average molecular weight is 881 g/mol. The van der Waals surface area contributed by atoms with Crippen LogP contribution in [0.5, 0.6) is 5.75 Å². The first-order chi connectivity index (χ1) is 29.9. The summed E-state index contributed by atoms with van der Waals surface area (Å²) >= 11 is 1.19. The van der Waals surface area contributed by atoms with Crippen molar-refractivity contribution in [2.45, 2.75) is 107 Å². The number of alkyl halides is 1. The van der Waals surface area contributed by atoms with Crippen LogP contribution in [-0.4, -0.2) is 81.3 Å². The van der Waals surface area contributed by atoms with E-state index >= 15 is 4.39 Å². The molecule has 324 valence electrons. The van der Waals surface area contributed by atoms with Crippen LogP contribution in [0, 0.1) is 29.1 Å². The van der Waals surface area contributed by atoms with Gasteiger partial charge in [-0.2, -0.15) is 5.26 Å². The Balaban J connectivity index is 0.931. The quantitative estimate of drug-likeness (QED) is 0.100. The van der Waals surface area contributed by atoms with Gasteiger partial charge >= 0.3 is 13.5 Å². The molecule has 62 heavy (non-hydrogen) atoms. The molecule has 3 saturated heterocycles. The Labute approximate surface area is 363 Å². The van der Waals surface area contributed by atoms with Crippen LogP contribution in [0.1, 0.15) is 97.8 Å². The molecule has 2 aromatic heterocycles. The summed E-state index contributed by atoms with van der Waals surface area (Å²) in [6.45, 7) is 3.83. The number of benzene rings is 2. The van der Waals surface area contributed by atoms with Crippen LogP contribution >= 0.6 is 18.9 Å². The SMILES string of the molecule is CCCOC(=O)[C@H](C)N[P@](=O)(Oc1ccccc1)[C@@H](F)c1ccc2sc(C(=O)N[C@H]3C[C@@H]4C[C@@H]4C[C@H]4CC[C@@H](C(=O)N5C[C@@H](c6cccnc6)[C@H](C#N)C56CC6)N4C3=O)cc2c1. The van der Waals surface area contributed by atoms with Crippen molar-refractivity contribution < 1.29 is 37.4 Å². The largest absolute Gasteiger partial charge is 0.465 e. The molecule has 5 fully saturated rings. The molecule has 4 aromatic rings. The predicted octanol–water partition coefficient (Wildman–Crippen LogP) is 7.65. The van der Waals surface area contributed by atoms with Crippen LogP contribution in [0.4, 0.5) is 4.39 Å². The number of carbonyl (C=O) groups excluding carboxylic acids is 4. The molecule has 2 saturated carbocycles. The zero-order valence-corrected chi connectivity index (χ0v) is 36.4. The smallest absolute Gasteiger partial charge is 0.355 e. The molecule has 10 atom stereocenters.